The molecule has 0 rings (SSSR count). The Balaban J connectivity index is 3.11. The van der Waals surface area contributed by atoms with E-state index in [1.165, 1.54) is 0 Å². The Morgan fingerprint density at radius 2 is 2.00 bits per heavy atom. The highest BCUT2D eigenvalue weighted by atomic mass is 16.4. The van der Waals surface area contributed by atoms with E-state index in [0.717, 1.165) is 38.8 Å². The fourth-order valence-electron chi connectivity index (χ4n) is 1.03. The summed E-state index contributed by atoms with van der Waals surface area (Å²) in [7, 11) is 0. The molecule has 0 aromatic heterocycles. The van der Waals surface area contributed by atoms with Crippen LogP contribution in [0.5, 0.6) is 0 Å². The largest absolute Gasteiger partial charge is 0.480 e. The molecule has 4 nitrogen and oxygen atoms in total. The average Bonchev–Trinajstić information content (AvgIpc) is 2.10. The predicted molar refractivity (Wildman–Crippen MR) is 52.6 cm³/mol. The summed E-state index contributed by atoms with van der Waals surface area (Å²) in [5.74, 6) is -0.790. The highest BCUT2D eigenvalue weighted by Gasteiger charge is 2.07. The zero-order chi connectivity index (χ0) is 10.1. The van der Waals surface area contributed by atoms with Crippen molar-refractivity contribution in [2.45, 2.75) is 38.6 Å². The first-order chi connectivity index (χ1) is 6.18. The third kappa shape index (κ3) is 7.74. The molecular weight excluding hydrogens is 168 g/mol. The van der Waals surface area contributed by atoms with Crippen molar-refractivity contribution in [3.8, 4) is 0 Å². The molecule has 4 heteroatoms. The molecule has 78 valence electrons. The summed E-state index contributed by atoms with van der Waals surface area (Å²) in [6, 6.07) is -0.436. The van der Waals surface area contributed by atoms with E-state index < -0.39 is 12.0 Å². The fraction of sp³-hybridized carbons (Fsp3) is 0.889. The lowest BCUT2D eigenvalue weighted by Crippen LogP contribution is -2.34. The van der Waals surface area contributed by atoms with Crippen molar-refractivity contribution >= 4 is 5.97 Å². The molecule has 4 N–H and O–H groups in total. The van der Waals surface area contributed by atoms with Crippen LogP contribution >= 0.6 is 0 Å². The summed E-state index contributed by atoms with van der Waals surface area (Å²) in [6.07, 6.45) is 4.35. The standard InChI is InChI=1S/C9H20N2O2/c1-8(9(12)13)11-7-5-3-2-4-6-10/h8,11H,2-7,10H2,1H3,(H,12,13)/t8-/m0/s1. The summed E-state index contributed by atoms with van der Waals surface area (Å²) in [4.78, 5) is 10.4. The van der Waals surface area contributed by atoms with Gasteiger partial charge in [0.25, 0.3) is 0 Å². The summed E-state index contributed by atoms with van der Waals surface area (Å²) in [6.45, 7) is 3.18. The molecule has 0 aromatic rings. The van der Waals surface area contributed by atoms with Gasteiger partial charge in [-0.1, -0.05) is 12.8 Å². The Kier molecular flexibility index (Phi) is 7.63. The highest BCUT2D eigenvalue weighted by molar-refractivity contribution is 5.72. The van der Waals surface area contributed by atoms with Crippen molar-refractivity contribution in [2.75, 3.05) is 13.1 Å². The van der Waals surface area contributed by atoms with E-state index >= 15 is 0 Å². The Hall–Kier alpha value is -0.610. The number of nitrogens with one attached hydrogen (secondary N) is 1. The lowest BCUT2D eigenvalue weighted by atomic mass is 10.2. The van der Waals surface area contributed by atoms with E-state index in [9.17, 15) is 4.79 Å². The average molecular weight is 188 g/mol. The first-order valence-corrected chi connectivity index (χ1v) is 4.84. The quantitative estimate of drug-likeness (QED) is 0.487. The minimum absolute atomic E-state index is 0.436. The number of aliphatic carboxylic acids is 1. The van der Waals surface area contributed by atoms with Gasteiger partial charge in [-0.15, -0.1) is 0 Å². The molecular formula is C9H20N2O2. The first-order valence-electron chi connectivity index (χ1n) is 4.84. The predicted octanol–water partition coefficient (Wildman–Crippen LogP) is 0.568. The molecule has 0 aliphatic heterocycles. The SMILES string of the molecule is C[C@H](NCCCCCCN)C(=O)O. The molecule has 1 atom stereocenters. The van der Waals surface area contributed by atoms with E-state index in [1.807, 2.05) is 0 Å². The number of nitrogens with two attached hydrogens (primary N) is 1. The second kappa shape index (κ2) is 8.01. The highest BCUT2D eigenvalue weighted by Crippen LogP contribution is 1.97. The van der Waals surface area contributed by atoms with Crippen molar-refractivity contribution in [1.82, 2.24) is 5.32 Å². The van der Waals surface area contributed by atoms with Gasteiger partial charge in [0.05, 0.1) is 0 Å². The minimum Gasteiger partial charge on any atom is -0.480 e. The van der Waals surface area contributed by atoms with Crippen molar-refractivity contribution < 1.29 is 9.90 Å². The van der Waals surface area contributed by atoms with Gasteiger partial charge in [0.1, 0.15) is 6.04 Å². The monoisotopic (exact) mass is 188 g/mol. The van der Waals surface area contributed by atoms with Crippen LogP contribution in [0.2, 0.25) is 0 Å². The van der Waals surface area contributed by atoms with Gasteiger partial charge in [-0.05, 0) is 32.9 Å². The zero-order valence-electron chi connectivity index (χ0n) is 8.25. The van der Waals surface area contributed by atoms with Crippen molar-refractivity contribution in [3.63, 3.8) is 0 Å². The molecule has 0 saturated heterocycles. The van der Waals surface area contributed by atoms with E-state index in [-0.39, 0.29) is 0 Å². The molecule has 13 heavy (non-hydrogen) atoms. The van der Waals surface area contributed by atoms with Crippen LogP contribution < -0.4 is 11.1 Å². The number of carboxylic acid groups (broad SMARTS) is 1. The van der Waals surface area contributed by atoms with E-state index in [2.05, 4.69) is 5.32 Å². The second-order valence-electron chi connectivity index (χ2n) is 3.22. The van der Waals surface area contributed by atoms with E-state index in [0.29, 0.717) is 0 Å². The number of carboxylic acids is 1. The Morgan fingerprint density at radius 1 is 1.38 bits per heavy atom. The number of rotatable bonds is 8. The van der Waals surface area contributed by atoms with Crippen molar-refractivity contribution in [1.29, 1.82) is 0 Å². The molecule has 0 unspecified atom stereocenters. The molecule has 0 amide bonds. The maximum Gasteiger partial charge on any atom is 0.320 e. The van der Waals surface area contributed by atoms with Gasteiger partial charge >= 0.3 is 5.97 Å². The number of hydrogen-bond acceptors (Lipinski definition) is 3. The third-order valence-corrected chi connectivity index (χ3v) is 1.95. The Morgan fingerprint density at radius 3 is 2.54 bits per heavy atom. The normalized spacial score (nSPS) is 12.8. The summed E-state index contributed by atoms with van der Waals surface area (Å²) in [5.41, 5.74) is 5.34. The van der Waals surface area contributed by atoms with Crippen LogP contribution in [0.25, 0.3) is 0 Å². The second-order valence-corrected chi connectivity index (χ2v) is 3.22. The molecule has 0 saturated carbocycles. The molecule has 0 aliphatic rings. The molecule has 0 aliphatic carbocycles. The van der Waals surface area contributed by atoms with Gasteiger partial charge in [-0.3, -0.25) is 4.79 Å². The third-order valence-electron chi connectivity index (χ3n) is 1.95. The molecule has 0 spiro atoms. The Bertz CT molecular complexity index is 140. The van der Waals surface area contributed by atoms with Crippen LogP contribution in [0.3, 0.4) is 0 Å². The van der Waals surface area contributed by atoms with Gasteiger partial charge in [0.15, 0.2) is 0 Å². The zero-order valence-corrected chi connectivity index (χ0v) is 8.25. The van der Waals surface area contributed by atoms with Gasteiger partial charge in [-0.25, -0.2) is 0 Å². The van der Waals surface area contributed by atoms with Gasteiger partial charge in [0.2, 0.25) is 0 Å². The summed E-state index contributed by atoms with van der Waals surface area (Å²) < 4.78 is 0. The van der Waals surface area contributed by atoms with Crippen LogP contribution in [0.1, 0.15) is 32.6 Å². The van der Waals surface area contributed by atoms with Gasteiger partial charge in [0, 0.05) is 0 Å². The van der Waals surface area contributed by atoms with Gasteiger partial charge in [-0.2, -0.15) is 0 Å². The maximum atomic E-state index is 10.4. The van der Waals surface area contributed by atoms with Crippen LogP contribution in [-0.4, -0.2) is 30.2 Å². The van der Waals surface area contributed by atoms with Gasteiger partial charge < -0.3 is 16.2 Å². The Labute approximate surface area is 79.5 Å². The maximum absolute atomic E-state index is 10.4. The minimum atomic E-state index is -0.790. The molecule has 0 heterocycles. The lowest BCUT2D eigenvalue weighted by Gasteiger charge is -2.08. The molecule has 0 fully saturated rings. The topological polar surface area (TPSA) is 75.3 Å². The van der Waals surface area contributed by atoms with E-state index in [1.54, 1.807) is 6.92 Å². The summed E-state index contributed by atoms with van der Waals surface area (Å²) >= 11 is 0. The number of hydrogen-bond donors (Lipinski definition) is 3. The molecule has 0 bridgehead atoms. The van der Waals surface area contributed by atoms with E-state index in [4.69, 9.17) is 10.8 Å². The molecule has 0 radical (unpaired) electrons. The number of carbonyl (C=O) groups is 1. The number of unbranched alkanes of at least 4 members (excludes halogenated alkanes) is 3. The lowest BCUT2D eigenvalue weighted by molar-refractivity contribution is -0.138. The van der Waals surface area contributed by atoms with Crippen LogP contribution in [0, 0.1) is 0 Å². The van der Waals surface area contributed by atoms with Crippen LogP contribution in [0.4, 0.5) is 0 Å². The van der Waals surface area contributed by atoms with Crippen molar-refractivity contribution in [3.05, 3.63) is 0 Å². The molecule has 0 aromatic carbocycles. The summed E-state index contributed by atoms with van der Waals surface area (Å²) in [5, 5.41) is 11.5. The van der Waals surface area contributed by atoms with Crippen LogP contribution in [-0.2, 0) is 4.79 Å². The smallest absolute Gasteiger partial charge is 0.320 e. The fourth-order valence-corrected chi connectivity index (χ4v) is 1.03. The van der Waals surface area contributed by atoms with Crippen LogP contribution in [0.15, 0.2) is 0 Å². The van der Waals surface area contributed by atoms with Crippen molar-refractivity contribution in [2.24, 2.45) is 5.73 Å². The first kappa shape index (κ1) is 12.4.